The number of carboxylic acids is 1. The number of rotatable bonds is 4. The van der Waals surface area contributed by atoms with Crippen molar-refractivity contribution in [1.29, 1.82) is 0 Å². The number of likely N-dealkylation sites (tertiary alicyclic amines) is 1. The zero-order valence-corrected chi connectivity index (χ0v) is 11.3. The lowest BCUT2D eigenvalue weighted by Gasteiger charge is -2.40. The van der Waals surface area contributed by atoms with Gasteiger partial charge in [0, 0.05) is 6.54 Å². The molecule has 18 heavy (non-hydrogen) atoms. The summed E-state index contributed by atoms with van der Waals surface area (Å²) in [4.78, 5) is 13.4. The SMILES string of the molecule is CCC1CCN(CC2(O)CCCC2)C(C(=O)O)C1. The molecule has 2 N–H and O–H groups in total. The highest BCUT2D eigenvalue weighted by Gasteiger charge is 2.39. The van der Waals surface area contributed by atoms with Crippen LogP contribution in [0.1, 0.15) is 51.9 Å². The molecule has 104 valence electrons. The van der Waals surface area contributed by atoms with Crippen molar-refractivity contribution in [3.05, 3.63) is 0 Å². The van der Waals surface area contributed by atoms with Crippen molar-refractivity contribution in [2.45, 2.75) is 63.5 Å². The van der Waals surface area contributed by atoms with E-state index < -0.39 is 17.6 Å². The largest absolute Gasteiger partial charge is 0.480 e. The molecule has 0 amide bonds. The van der Waals surface area contributed by atoms with E-state index in [2.05, 4.69) is 6.92 Å². The Balaban J connectivity index is 1.99. The zero-order chi connectivity index (χ0) is 13.2. The molecule has 0 radical (unpaired) electrons. The third kappa shape index (κ3) is 3.04. The third-order valence-corrected chi connectivity index (χ3v) is 4.72. The first-order chi connectivity index (χ1) is 8.54. The average Bonchev–Trinajstić information content (AvgIpc) is 2.76. The fraction of sp³-hybridized carbons (Fsp3) is 0.929. The van der Waals surface area contributed by atoms with E-state index in [4.69, 9.17) is 0 Å². The molecule has 0 aromatic rings. The molecule has 1 aliphatic carbocycles. The van der Waals surface area contributed by atoms with Crippen LogP contribution in [0.2, 0.25) is 0 Å². The number of aliphatic hydroxyl groups is 1. The van der Waals surface area contributed by atoms with Gasteiger partial charge in [0.05, 0.1) is 5.60 Å². The van der Waals surface area contributed by atoms with Crippen LogP contribution in [0.5, 0.6) is 0 Å². The van der Waals surface area contributed by atoms with E-state index in [-0.39, 0.29) is 0 Å². The second-order valence-electron chi connectivity index (χ2n) is 6.05. The van der Waals surface area contributed by atoms with Gasteiger partial charge in [0.1, 0.15) is 6.04 Å². The van der Waals surface area contributed by atoms with Gasteiger partial charge in [-0.2, -0.15) is 0 Å². The van der Waals surface area contributed by atoms with E-state index in [1.807, 2.05) is 4.90 Å². The number of nitrogens with zero attached hydrogens (tertiary/aromatic N) is 1. The summed E-state index contributed by atoms with van der Waals surface area (Å²) >= 11 is 0. The Labute approximate surface area is 109 Å². The summed E-state index contributed by atoms with van der Waals surface area (Å²) in [6.45, 7) is 3.49. The molecule has 0 bridgehead atoms. The fourth-order valence-corrected chi connectivity index (χ4v) is 3.47. The highest BCUT2D eigenvalue weighted by molar-refractivity contribution is 5.73. The minimum absolute atomic E-state index is 0.395. The van der Waals surface area contributed by atoms with Gasteiger partial charge in [-0.15, -0.1) is 0 Å². The summed E-state index contributed by atoms with van der Waals surface area (Å²) in [6, 6.07) is -0.395. The molecule has 1 aliphatic heterocycles. The summed E-state index contributed by atoms with van der Waals surface area (Å²) in [5.41, 5.74) is -0.632. The second-order valence-corrected chi connectivity index (χ2v) is 6.05. The van der Waals surface area contributed by atoms with E-state index in [1.165, 1.54) is 0 Å². The fourth-order valence-electron chi connectivity index (χ4n) is 3.47. The van der Waals surface area contributed by atoms with E-state index in [0.29, 0.717) is 12.5 Å². The molecule has 4 nitrogen and oxygen atoms in total. The predicted molar refractivity (Wildman–Crippen MR) is 69.4 cm³/mol. The maximum absolute atomic E-state index is 11.4. The number of carbonyl (C=O) groups is 1. The van der Waals surface area contributed by atoms with Gasteiger partial charge < -0.3 is 10.2 Å². The molecule has 0 aromatic carbocycles. The van der Waals surface area contributed by atoms with Crippen LogP contribution >= 0.6 is 0 Å². The Morgan fingerprint density at radius 2 is 2.06 bits per heavy atom. The Kier molecular flexibility index (Phi) is 4.28. The molecule has 1 saturated carbocycles. The Bertz CT molecular complexity index is 299. The summed E-state index contributed by atoms with van der Waals surface area (Å²) < 4.78 is 0. The maximum atomic E-state index is 11.4. The normalized spacial score (nSPS) is 32.6. The molecule has 0 spiro atoms. The smallest absolute Gasteiger partial charge is 0.320 e. The minimum Gasteiger partial charge on any atom is -0.480 e. The predicted octanol–water partition coefficient (Wildman–Crippen LogP) is 1.87. The van der Waals surface area contributed by atoms with Crippen molar-refractivity contribution in [3.63, 3.8) is 0 Å². The molecule has 0 aromatic heterocycles. The van der Waals surface area contributed by atoms with Crippen LogP contribution in [-0.4, -0.2) is 45.8 Å². The van der Waals surface area contributed by atoms with E-state index in [0.717, 1.165) is 51.5 Å². The number of hydrogen-bond donors (Lipinski definition) is 2. The number of β-amino-alcohol motifs (C(OH)–C–C–N with tert-alkyl or cyclic N) is 1. The van der Waals surface area contributed by atoms with Crippen LogP contribution in [0.4, 0.5) is 0 Å². The highest BCUT2D eigenvalue weighted by atomic mass is 16.4. The van der Waals surface area contributed by atoms with Gasteiger partial charge >= 0.3 is 5.97 Å². The second kappa shape index (κ2) is 5.57. The quantitative estimate of drug-likeness (QED) is 0.805. The summed E-state index contributed by atoms with van der Waals surface area (Å²) in [7, 11) is 0. The third-order valence-electron chi connectivity index (χ3n) is 4.72. The number of piperidine rings is 1. The Hall–Kier alpha value is -0.610. The number of aliphatic carboxylic acids is 1. The van der Waals surface area contributed by atoms with Crippen molar-refractivity contribution in [2.75, 3.05) is 13.1 Å². The van der Waals surface area contributed by atoms with Crippen molar-refractivity contribution >= 4 is 5.97 Å². The lowest BCUT2D eigenvalue weighted by molar-refractivity contribution is -0.147. The Morgan fingerprint density at radius 1 is 1.39 bits per heavy atom. The van der Waals surface area contributed by atoms with Crippen LogP contribution in [0.3, 0.4) is 0 Å². The van der Waals surface area contributed by atoms with Crippen molar-refractivity contribution < 1.29 is 15.0 Å². The summed E-state index contributed by atoms with van der Waals surface area (Å²) in [6.07, 6.45) is 6.65. The summed E-state index contributed by atoms with van der Waals surface area (Å²) in [5, 5.41) is 19.8. The molecule has 2 atom stereocenters. The standard InChI is InChI=1S/C14H25NO3/c1-2-11-5-8-15(12(9-11)13(16)17)10-14(18)6-3-4-7-14/h11-12,18H,2-10H2,1H3,(H,16,17). The van der Waals surface area contributed by atoms with Gasteiger partial charge in [0.25, 0.3) is 0 Å². The highest BCUT2D eigenvalue weighted by Crippen LogP contribution is 2.33. The molecular weight excluding hydrogens is 230 g/mol. The van der Waals surface area contributed by atoms with Crippen molar-refractivity contribution in [1.82, 2.24) is 4.90 Å². The van der Waals surface area contributed by atoms with Gasteiger partial charge in [-0.3, -0.25) is 9.69 Å². The van der Waals surface area contributed by atoms with Gasteiger partial charge in [-0.05, 0) is 38.1 Å². The molecular formula is C14H25NO3. The average molecular weight is 255 g/mol. The summed E-state index contributed by atoms with van der Waals surface area (Å²) in [5.74, 6) is -0.199. The van der Waals surface area contributed by atoms with E-state index in [9.17, 15) is 15.0 Å². The zero-order valence-electron chi connectivity index (χ0n) is 11.3. The van der Waals surface area contributed by atoms with Gasteiger partial charge in [-0.1, -0.05) is 26.2 Å². The van der Waals surface area contributed by atoms with E-state index >= 15 is 0 Å². The van der Waals surface area contributed by atoms with Crippen LogP contribution in [-0.2, 0) is 4.79 Å². The topological polar surface area (TPSA) is 60.8 Å². The first-order valence-electron chi connectivity index (χ1n) is 7.23. The Morgan fingerprint density at radius 3 is 2.61 bits per heavy atom. The molecule has 2 aliphatic rings. The minimum atomic E-state index is -0.727. The lowest BCUT2D eigenvalue weighted by atomic mass is 9.87. The van der Waals surface area contributed by atoms with Crippen LogP contribution < -0.4 is 0 Å². The first-order valence-corrected chi connectivity index (χ1v) is 7.23. The number of hydrogen-bond acceptors (Lipinski definition) is 3. The molecule has 4 heteroatoms. The van der Waals surface area contributed by atoms with Crippen LogP contribution in [0.25, 0.3) is 0 Å². The van der Waals surface area contributed by atoms with Crippen molar-refractivity contribution in [3.8, 4) is 0 Å². The van der Waals surface area contributed by atoms with Gasteiger partial charge in [-0.25, -0.2) is 0 Å². The molecule has 1 saturated heterocycles. The first kappa shape index (κ1) is 13.8. The van der Waals surface area contributed by atoms with Gasteiger partial charge in [0.15, 0.2) is 0 Å². The maximum Gasteiger partial charge on any atom is 0.320 e. The van der Waals surface area contributed by atoms with E-state index in [1.54, 1.807) is 0 Å². The van der Waals surface area contributed by atoms with Crippen molar-refractivity contribution in [2.24, 2.45) is 5.92 Å². The molecule has 2 unspecified atom stereocenters. The molecule has 2 rings (SSSR count). The molecule has 2 fully saturated rings. The molecule has 1 heterocycles. The van der Waals surface area contributed by atoms with Gasteiger partial charge in [0.2, 0.25) is 0 Å². The lowest BCUT2D eigenvalue weighted by Crippen LogP contribution is -2.52. The monoisotopic (exact) mass is 255 g/mol. The number of carboxylic acid groups (broad SMARTS) is 1. The van der Waals surface area contributed by atoms with Crippen LogP contribution in [0.15, 0.2) is 0 Å². The van der Waals surface area contributed by atoms with Crippen LogP contribution in [0, 0.1) is 5.92 Å².